The lowest BCUT2D eigenvalue weighted by molar-refractivity contribution is -0.118. The molecule has 7 heteroatoms. The number of carbonyl (C=O) groups is 2. The average molecular weight is 376 g/mol. The molecule has 2 aromatic rings. The van der Waals surface area contributed by atoms with Crippen LogP contribution in [0.5, 0.6) is 0 Å². The number of fused-ring (bicyclic) bond motifs is 1. The third-order valence-electron chi connectivity index (χ3n) is 3.93. The maximum Gasteiger partial charge on any atom is 0.321 e. The average Bonchev–Trinajstić information content (AvgIpc) is 3.05. The number of thiophene rings is 1. The minimum atomic E-state index is -0.454. The quantitative estimate of drug-likeness (QED) is 0.859. The Labute approximate surface area is 155 Å². The van der Waals surface area contributed by atoms with Gasteiger partial charge in [0.15, 0.2) is 0 Å². The number of hydrogen-bond acceptors (Lipinski definition) is 5. The fourth-order valence-corrected chi connectivity index (χ4v) is 4.46. The van der Waals surface area contributed by atoms with Crippen LogP contribution in [0, 0.1) is 0 Å². The minimum Gasteiger partial charge on any atom is -0.361 e. The van der Waals surface area contributed by atoms with Crippen LogP contribution in [0.4, 0.5) is 10.5 Å². The molecule has 3 amide bonds. The first-order chi connectivity index (χ1) is 12.1. The second-order valence-corrected chi connectivity index (χ2v) is 8.43. The Balaban J connectivity index is 1.56. The SMILES string of the molecule is CC1CCN(CC(=O)NC(=O)NCc2cccs2)c2ccccc2S1. The molecule has 0 saturated heterocycles. The molecule has 0 radical (unpaired) electrons. The van der Waals surface area contributed by atoms with Gasteiger partial charge in [-0.15, -0.1) is 23.1 Å². The van der Waals surface area contributed by atoms with Crippen molar-refractivity contribution in [1.82, 2.24) is 10.6 Å². The maximum atomic E-state index is 12.3. The van der Waals surface area contributed by atoms with Crippen molar-refractivity contribution in [3.8, 4) is 0 Å². The molecule has 0 fully saturated rings. The Morgan fingerprint density at radius 3 is 2.88 bits per heavy atom. The van der Waals surface area contributed by atoms with Crippen molar-refractivity contribution in [1.29, 1.82) is 0 Å². The van der Waals surface area contributed by atoms with E-state index in [4.69, 9.17) is 0 Å². The molecule has 0 bridgehead atoms. The van der Waals surface area contributed by atoms with Gasteiger partial charge in [-0.1, -0.05) is 25.1 Å². The normalized spacial score (nSPS) is 16.7. The number of nitrogens with zero attached hydrogens (tertiary/aromatic N) is 1. The lowest BCUT2D eigenvalue weighted by Gasteiger charge is -2.23. The van der Waals surface area contributed by atoms with Gasteiger partial charge in [-0.25, -0.2) is 4.79 Å². The van der Waals surface area contributed by atoms with Gasteiger partial charge in [0.05, 0.1) is 18.8 Å². The summed E-state index contributed by atoms with van der Waals surface area (Å²) in [7, 11) is 0. The molecular formula is C18H21N3O2S2. The number of urea groups is 1. The Morgan fingerprint density at radius 1 is 1.24 bits per heavy atom. The van der Waals surface area contributed by atoms with Gasteiger partial charge in [-0.05, 0) is 30.0 Å². The van der Waals surface area contributed by atoms with Crippen LogP contribution in [0.3, 0.4) is 0 Å². The van der Waals surface area contributed by atoms with Crippen molar-refractivity contribution in [3.63, 3.8) is 0 Å². The third-order valence-corrected chi connectivity index (χ3v) is 6.04. The van der Waals surface area contributed by atoms with Crippen LogP contribution in [0.25, 0.3) is 0 Å². The van der Waals surface area contributed by atoms with Crippen molar-refractivity contribution in [2.45, 2.75) is 30.0 Å². The zero-order valence-corrected chi connectivity index (χ0v) is 15.7. The van der Waals surface area contributed by atoms with Gasteiger partial charge in [-0.3, -0.25) is 10.1 Å². The number of benzene rings is 1. The molecule has 25 heavy (non-hydrogen) atoms. The summed E-state index contributed by atoms with van der Waals surface area (Å²) in [6.45, 7) is 3.60. The predicted molar refractivity (Wildman–Crippen MR) is 103 cm³/mol. The second kappa shape index (κ2) is 8.40. The number of para-hydroxylation sites is 1. The number of hydrogen-bond donors (Lipinski definition) is 2. The smallest absolute Gasteiger partial charge is 0.321 e. The molecule has 1 unspecified atom stereocenters. The molecule has 2 heterocycles. The molecule has 3 rings (SSSR count). The van der Waals surface area contributed by atoms with Crippen molar-refractivity contribution < 1.29 is 9.59 Å². The van der Waals surface area contributed by atoms with E-state index in [1.54, 1.807) is 11.3 Å². The Hall–Kier alpha value is -1.99. The lowest BCUT2D eigenvalue weighted by Crippen LogP contribution is -2.44. The summed E-state index contributed by atoms with van der Waals surface area (Å²) >= 11 is 3.40. The molecule has 132 valence electrons. The van der Waals surface area contributed by atoms with E-state index in [0.29, 0.717) is 11.8 Å². The van der Waals surface area contributed by atoms with Crippen LogP contribution in [-0.4, -0.2) is 30.3 Å². The van der Waals surface area contributed by atoms with Crippen molar-refractivity contribution in [3.05, 3.63) is 46.7 Å². The second-order valence-electron chi connectivity index (χ2n) is 5.92. The standard InChI is InChI=1S/C18H21N3O2S2/c1-13-8-9-21(15-6-2-3-7-16(15)25-13)12-17(22)20-18(23)19-11-14-5-4-10-24-14/h2-7,10,13H,8-9,11-12H2,1H3,(H2,19,20,22,23). The molecule has 0 aliphatic carbocycles. The van der Waals surface area contributed by atoms with E-state index in [-0.39, 0.29) is 12.5 Å². The highest BCUT2D eigenvalue weighted by Gasteiger charge is 2.21. The van der Waals surface area contributed by atoms with E-state index in [1.807, 2.05) is 52.4 Å². The van der Waals surface area contributed by atoms with Gasteiger partial charge in [0.2, 0.25) is 5.91 Å². The summed E-state index contributed by atoms with van der Waals surface area (Å²) in [5.74, 6) is -0.293. The zero-order valence-electron chi connectivity index (χ0n) is 14.0. The highest BCUT2D eigenvalue weighted by atomic mass is 32.2. The van der Waals surface area contributed by atoms with Gasteiger partial charge in [0, 0.05) is 21.6 Å². The molecule has 1 aliphatic heterocycles. The van der Waals surface area contributed by atoms with E-state index in [2.05, 4.69) is 23.6 Å². The van der Waals surface area contributed by atoms with Crippen LogP contribution in [0.15, 0.2) is 46.7 Å². The molecule has 5 nitrogen and oxygen atoms in total. The summed E-state index contributed by atoms with van der Waals surface area (Å²) in [6.07, 6.45) is 0.997. The topological polar surface area (TPSA) is 61.4 Å². The highest BCUT2D eigenvalue weighted by molar-refractivity contribution is 8.00. The monoisotopic (exact) mass is 375 g/mol. The van der Waals surface area contributed by atoms with E-state index in [0.717, 1.165) is 23.5 Å². The van der Waals surface area contributed by atoms with E-state index < -0.39 is 6.03 Å². The number of thioether (sulfide) groups is 1. The molecule has 2 N–H and O–H groups in total. The van der Waals surface area contributed by atoms with Gasteiger partial charge >= 0.3 is 6.03 Å². The summed E-state index contributed by atoms with van der Waals surface area (Å²) in [5, 5.41) is 7.59. The van der Waals surface area contributed by atoms with Crippen LogP contribution >= 0.6 is 23.1 Å². The van der Waals surface area contributed by atoms with Gasteiger partial charge in [0.25, 0.3) is 0 Å². The van der Waals surface area contributed by atoms with E-state index >= 15 is 0 Å². The van der Waals surface area contributed by atoms with Crippen molar-refractivity contribution >= 4 is 40.7 Å². The van der Waals surface area contributed by atoms with Crippen molar-refractivity contribution in [2.75, 3.05) is 18.0 Å². The lowest BCUT2D eigenvalue weighted by atomic mass is 10.2. The van der Waals surface area contributed by atoms with Gasteiger partial charge in [-0.2, -0.15) is 0 Å². The number of anilines is 1. The maximum absolute atomic E-state index is 12.3. The number of imide groups is 1. The fourth-order valence-electron chi connectivity index (χ4n) is 2.68. The summed E-state index contributed by atoms with van der Waals surface area (Å²) < 4.78 is 0. The molecule has 0 saturated carbocycles. The molecule has 1 aromatic carbocycles. The Kier molecular flexibility index (Phi) is 5.99. The largest absolute Gasteiger partial charge is 0.361 e. The summed E-state index contributed by atoms with van der Waals surface area (Å²) in [6, 6.07) is 11.5. The highest BCUT2D eigenvalue weighted by Crippen LogP contribution is 2.36. The van der Waals surface area contributed by atoms with Crippen LogP contribution < -0.4 is 15.5 Å². The van der Waals surface area contributed by atoms with E-state index in [1.165, 1.54) is 4.90 Å². The molecule has 0 spiro atoms. The molecule has 1 aliphatic rings. The third kappa shape index (κ3) is 4.99. The van der Waals surface area contributed by atoms with Crippen LogP contribution in [0.1, 0.15) is 18.2 Å². The first-order valence-electron chi connectivity index (χ1n) is 8.22. The fraction of sp³-hybridized carbons (Fsp3) is 0.333. The number of carbonyl (C=O) groups excluding carboxylic acids is 2. The number of rotatable bonds is 4. The van der Waals surface area contributed by atoms with E-state index in [9.17, 15) is 9.59 Å². The Bertz CT molecular complexity index is 734. The summed E-state index contributed by atoms with van der Waals surface area (Å²) in [4.78, 5) is 28.4. The molecular weight excluding hydrogens is 354 g/mol. The van der Waals surface area contributed by atoms with Crippen LogP contribution in [-0.2, 0) is 11.3 Å². The zero-order chi connectivity index (χ0) is 17.6. The predicted octanol–water partition coefficient (Wildman–Crippen LogP) is 3.46. The first-order valence-corrected chi connectivity index (χ1v) is 9.98. The van der Waals surface area contributed by atoms with Crippen molar-refractivity contribution in [2.24, 2.45) is 0 Å². The Morgan fingerprint density at radius 2 is 2.08 bits per heavy atom. The number of amides is 3. The van der Waals surface area contributed by atoms with Gasteiger partial charge in [0.1, 0.15) is 0 Å². The molecule has 1 aromatic heterocycles. The summed E-state index contributed by atoms with van der Waals surface area (Å²) in [5.41, 5.74) is 1.06. The van der Waals surface area contributed by atoms with Crippen LogP contribution in [0.2, 0.25) is 0 Å². The molecule has 1 atom stereocenters. The number of nitrogens with one attached hydrogen (secondary N) is 2. The first kappa shape index (κ1) is 17.8. The van der Waals surface area contributed by atoms with Gasteiger partial charge < -0.3 is 10.2 Å². The minimum absolute atomic E-state index is 0.177.